The van der Waals surface area contributed by atoms with E-state index in [0.717, 1.165) is 32.0 Å². The van der Waals surface area contributed by atoms with E-state index in [9.17, 15) is 13.6 Å². The van der Waals surface area contributed by atoms with Gasteiger partial charge in [0.2, 0.25) is 5.91 Å². The summed E-state index contributed by atoms with van der Waals surface area (Å²) in [5.41, 5.74) is 0.466. The lowest BCUT2D eigenvalue weighted by atomic mass is 10.0. The summed E-state index contributed by atoms with van der Waals surface area (Å²) < 4.78 is 27.0. The average molecular weight is 356 g/mol. The van der Waals surface area contributed by atoms with Crippen LogP contribution in [-0.4, -0.2) is 30.2 Å². The Labute approximate surface area is 145 Å². The molecule has 3 aliphatic rings. The van der Waals surface area contributed by atoms with Crippen molar-refractivity contribution in [3.8, 4) is 0 Å². The van der Waals surface area contributed by atoms with Crippen LogP contribution < -0.4 is 5.32 Å². The van der Waals surface area contributed by atoms with Gasteiger partial charge >= 0.3 is 0 Å². The number of hydrogen-bond donors (Lipinski definition) is 1. The maximum Gasteiger partial charge on any atom is 0.246 e. The molecule has 1 amide bonds. The minimum Gasteiger partial charge on any atom is -0.316 e. The molecule has 4 nitrogen and oxygen atoms in total. The number of hydrazone groups is 1. The predicted octanol–water partition coefficient (Wildman–Crippen LogP) is 2.89. The van der Waals surface area contributed by atoms with Crippen molar-refractivity contribution < 1.29 is 13.6 Å². The van der Waals surface area contributed by atoms with Crippen LogP contribution in [0.25, 0.3) is 0 Å². The molecule has 1 saturated heterocycles. The summed E-state index contributed by atoms with van der Waals surface area (Å²) in [5, 5.41) is 8.99. The van der Waals surface area contributed by atoms with Crippen LogP contribution in [0, 0.1) is 29.4 Å². The van der Waals surface area contributed by atoms with Crippen molar-refractivity contribution >= 4 is 24.5 Å². The minimum absolute atomic E-state index is 0. The van der Waals surface area contributed by atoms with Crippen molar-refractivity contribution in [1.82, 2.24) is 10.3 Å². The number of hydrogen-bond acceptors (Lipinski definition) is 3. The molecule has 0 bridgehead atoms. The summed E-state index contributed by atoms with van der Waals surface area (Å²) in [6, 6.07) is 3.02. The summed E-state index contributed by atoms with van der Waals surface area (Å²) >= 11 is 0. The van der Waals surface area contributed by atoms with E-state index in [1.54, 1.807) is 6.21 Å². The van der Waals surface area contributed by atoms with Crippen LogP contribution in [0.3, 0.4) is 0 Å². The Morgan fingerprint density at radius 1 is 1.12 bits per heavy atom. The third-order valence-corrected chi connectivity index (χ3v) is 5.33. The van der Waals surface area contributed by atoms with Crippen molar-refractivity contribution in [2.75, 3.05) is 13.1 Å². The van der Waals surface area contributed by atoms with E-state index in [2.05, 4.69) is 10.4 Å². The largest absolute Gasteiger partial charge is 0.316 e. The number of fused-ring (bicyclic) bond motifs is 1. The molecule has 0 aromatic heterocycles. The molecule has 3 atom stereocenters. The fourth-order valence-corrected chi connectivity index (χ4v) is 4.23. The van der Waals surface area contributed by atoms with Gasteiger partial charge in [-0.1, -0.05) is 0 Å². The number of nitrogens with one attached hydrogen (secondary N) is 1. The smallest absolute Gasteiger partial charge is 0.246 e. The molecular formula is C17H20ClF2N3O. The first kappa shape index (κ1) is 17.3. The third-order valence-electron chi connectivity index (χ3n) is 5.33. The van der Waals surface area contributed by atoms with Gasteiger partial charge in [0.15, 0.2) is 0 Å². The Hall–Kier alpha value is -1.53. The standard InChI is InChI=1S/C17H19F2N3O.ClH/c18-14-5-10(6-15(19)7-14)16-1-2-21-22(16)17(23)11-3-12-8-20-9-13(12)4-11;/h2,5-7,11-13,16,20H,1,3-4,8-9H2;1H/t12-,13-,16+;/m1./s1. The lowest BCUT2D eigenvalue weighted by Crippen LogP contribution is -2.33. The second-order valence-corrected chi connectivity index (χ2v) is 6.78. The molecule has 7 heteroatoms. The van der Waals surface area contributed by atoms with Crippen molar-refractivity contribution in [1.29, 1.82) is 0 Å². The van der Waals surface area contributed by atoms with Crippen molar-refractivity contribution in [2.45, 2.75) is 25.3 Å². The maximum absolute atomic E-state index is 13.5. The quantitative estimate of drug-likeness (QED) is 0.886. The molecule has 2 fully saturated rings. The first-order chi connectivity index (χ1) is 11.1. The highest BCUT2D eigenvalue weighted by Gasteiger charge is 2.43. The summed E-state index contributed by atoms with van der Waals surface area (Å²) in [6.45, 7) is 1.96. The molecule has 1 N–H and O–H groups in total. The van der Waals surface area contributed by atoms with E-state index in [1.807, 2.05) is 0 Å². The number of carbonyl (C=O) groups excluding carboxylic acids is 1. The van der Waals surface area contributed by atoms with Crippen molar-refractivity contribution in [3.05, 3.63) is 35.4 Å². The van der Waals surface area contributed by atoms with E-state index >= 15 is 0 Å². The van der Waals surface area contributed by atoms with Crippen LogP contribution >= 0.6 is 12.4 Å². The first-order valence-electron chi connectivity index (χ1n) is 8.14. The first-order valence-corrected chi connectivity index (χ1v) is 8.14. The average Bonchev–Trinajstić information content (AvgIpc) is 3.20. The van der Waals surface area contributed by atoms with Crippen LogP contribution in [-0.2, 0) is 4.79 Å². The Morgan fingerprint density at radius 3 is 2.38 bits per heavy atom. The van der Waals surface area contributed by atoms with E-state index in [1.165, 1.54) is 17.1 Å². The van der Waals surface area contributed by atoms with E-state index in [-0.39, 0.29) is 24.2 Å². The number of carbonyl (C=O) groups is 1. The molecule has 0 unspecified atom stereocenters. The van der Waals surface area contributed by atoms with Gasteiger partial charge in [0.25, 0.3) is 0 Å². The monoisotopic (exact) mass is 355 g/mol. The Balaban J connectivity index is 0.00000169. The van der Waals surface area contributed by atoms with Gasteiger partial charge in [0, 0.05) is 24.6 Å². The van der Waals surface area contributed by atoms with Crippen LogP contribution in [0.1, 0.15) is 30.9 Å². The SMILES string of the molecule is Cl.O=C(C1C[C@@H]2CNC[C@H]2C1)N1N=CC[C@H]1c1cc(F)cc(F)c1. The summed E-state index contributed by atoms with van der Waals surface area (Å²) in [6.07, 6.45) is 3.91. The molecule has 1 saturated carbocycles. The number of rotatable bonds is 2. The summed E-state index contributed by atoms with van der Waals surface area (Å²) in [4.78, 5) is 12.8. The molecular weight excluding hydrogens is 336 g/mol. The molecule has 0 radical (unpaired) electrons. The molecule has 1 aromatic carbocycles. The van der Waals surface area contributed by atoms with Crippen LogP contribution in [0.15, 0.2) is 23.3 Å². The van der Waals surface area contributed by atoms with Gasteiger partial charge in [0.05, 0.1) is 6.04 Å². The van der Waals surface area contributed by atoms with Crippen LogP contribution in [0.2, 0.25) is 0 Å². The summed E-state index contributed by atoms with van der Waals surface area (Å²) in [7, 11) is 0. The normalized spacial score (nSPS) is 28.9. The van der Waals surface area contributed by atoms with Gasteiger partial charge in [-0.15, -0.1) is 12.4 Å². The molecule has 0 spiro atoms. The highest BCUT2D eigenvalue weighted by molar-refractivity contribution is 5.85. The zero-order chi connectivity index (χ0) is 16.0. The molecule has 1 aromatic rings. The second kappa shape index (κ2) is 6.76. The minimum atomic E-state index is -0.624. The number of amides is 1. The highest BCUT2D eigenvalue weighted by atomic mass is 35.5. The molecule has 4 rings (SSSR count). The lowest BCUT2D eigenvalue weighted by molar-refractivity contribution is -0.137. The van der Waals surface area contributed by atoms with E-state index < -0.39 is 17.7 Å². The van der Waals surface area contributed by atoms with Gasteiger partial charge in [-0.25, -0.2) is 13.8 Å². The fourth-order valence-electron chi connectivity index (χ4n) is 4.23. The fraction of sp³-hybridized carbons (Fsp3) is 0.529. The Bertz CT molecular complexity index is 637. The van der Waals surface area contributed by atoms with Gasteiger partial charge in [-0.05, 0) is 55.5 Å². The molecule has 130 valence electrons. The molecule has 2 aliphatic heterocycles. The van der Waals surface area contributed by atoms with E-state index in [0.29, 0.717) is 23.8 Å². The topological polar surface area (TPSA) is 44.7 Å². The van der Waals surface area contributed by atoms with Gasteiger partial charge < -0.3 is 5.32 Å². The Kier molecular flexibility index (Phi) is 4.88. The van der Waals surface area contributed by atoms with Crippen LogP contribution in [0.5, 0.6) is 0 Å². The van der Waals surface area contributed by atoms with Gasteiger partial charge in [-0.2, -0.15) is 5.10 Å². The maximum atomic E-state index is 13.5. The number of nitrogens with zero attached hydrogens (tertiary/aromatic N) is 2. The molecule has 2 heterocycles. The van der Waals surface area contributed by atoms with Crippen molar-refractivity contribution in [3.63, 3.8) is 0 Å². The zero-order valence-corrected chi connectivity index (χ0v) is 13.9. The number of benzene rings is 1. The van der Waals surface area contributed by atoms with Crippen LogP contribution in [0.4, 0.5) is 8.78 Å². The van der Waals surface area contributed by atoms with Gasteiger partial charge in [0.1, 0.15) is 11.6 Å². The second-order valence-electron chi connectivity index (χ2n) is 6.78. The molecule has 1 aliphatic carbocycles. The highest BCUT2D eigenvalue weighted by Crippen LogP contribution is 2.41. The van der Waals surface area contributed by atoms with E-state index in [4.69, 9.17) is 0 Å². The number of halogens is 3. The Morgan fingerprint density at radius 2 is 1.75 bits per heavy atom. The van der Waals surface area contributed by atoms with Gasteiger partial charge in [-0.3, -0.25) is 4.79 Å². The summed E-state index contributed by atoms with van der Waals surface area (Å²) in [5.74, 6) is -0.145. The molecule has 24 heavy (non-hydrogen) atoms. The van der Waals surface area contributed by atoms with Crippen molar-refractivity contribution in [2.24, 2.45) is 22.9 Å². The predicted molar refractivity (Wildman–Crippen MR) is 88.9 cm³/mol. The third kappa shape index (κ3) is 3.05. The zero-order valence-electron chi connectivity index (χ0n) is 13.1. The lowest BCUT2D eigenvalue weighted by Gasteiger charge is -2.25.